The van der Waals surface area contributed by atoms with Gasteiger partial charge >= 0.3 is 5.97 Å². The molecule has 0 aliphatic heterocycles. The van der Waals surface area contributed by atoms with Gasteiger partial charge in [0.25, 0.3) is 0 Å². The lowest BCUT2D eigenvalue weighted by Gasteiger charge is -2.08. The van der Waals surface area contributed by atoms with E-state index in [1.54, 1.807) is 36.0 Å². The van der Waals surface area contributed by atoms with Crippen LogP contribution in [0.1, 0.15) is 28.4 Å². The molecule has 2 aromatic rings. The van der Waals surface area contributed by atoms with Crippen LogP contribution in [-0.4, -0.2) is 22.4 Å². The molecule has 0 saturated heterocycles. The molecule has 0 atom stereocenters. The Morgan fingerprint density at radius 2 is 2.19 bits per heavy atom. The molecule has 2 rings (SSSR count). The van der Waals surface area contributed by atoms with Gasteiger partial charge in [-0.15, -0.1) is 0 Å². The molecular weight excluding hydrogens is 326 g/mol. The van der Waals surface area contributed by atoms with Crippen LogP contribution in [0.25, 0.3) is 5.69 Å². The van der Waals surface area contributed by atoms with Crippen molar-refractivity contribution in [2.24, 2.45) is 0 Å². The van der Waals surface area contributed by atoms with Crippen molar-refractivity contribution in [3.8, 4) is 17.5 Å². The highest BCUT2D eigenvalue weighted by molar-refractivity contribution is 5.88. The van der Waals surface area contributed by atoms with Crippen molar-refractivity contribution in [1.29, 1.82) is 0 Å². The number of aromatic nitrogens is 2. The van der Waals surface area contributed by atoms with E-state index in [0.717, 1.165) is 16.8 Å². The van der Waals surface area contributed by atoms with E-state index < -0.39 is 5.97 Å². The molecule has 0 fully saturated rings. The van der Waals surface area contributed by atoms with Crippen molar-refractivity contribution >= 4 is 11.7 Å². The second-order valence-electron chi connectivity index (χ2n) is 5.43. The van der Waals surface area contributed by atoms with Crippen molar-refractivity contribution in [2.45, 2.75) is 13.8 Å². The second kappa shape index (κ2) is 8.54. The number of anilines is 1. The molecule has 0 aliphatic rings. The Morgan fingerprint density at radius 1 is 1.42 bits per heavy atom. The summed E-state index contributed by atoms with van der Waals surface area (Å²) in [5.74, 6) is 5.66. The summed E-state index contributed by atoms with van der Waals surface area (Å²) in [5, 5.41) is 4.23. The van der Waals surface area contributed by atoms with Crippen LogP contribution >= 0.6 is 0 Å². The van der Waals surface area contributed by atoms with E-state index in [0.29, 0.717) is 23.4 Å². The number of nitrogen functional groups attached to an aromatic ring is 1. The fraction of sp³-hybridized carbons (Fsp3) is 0.143. The molecular formula is C21H21N3O2. The van der Waals surface area contributed by atoms with Gasteiger partial charge in [0, 0.05) is 11.8 Å². The average Bonchev–Trinajstić information content (AvgIpc) is 3.12. The molecule has 0 radical (unpaired) electrons. The molecule has 0 spiro atoms. The van der Waals surface area contributed by atoms with Gasteiger partial charge in [-0.1, -0.05) is 37.2 Å². The van der Waals surface area contributed by atoms with Gasteiger partial charge in [-0.05, 0) is 37.6 Å². The normalized spacial score (nSPS) is 10.6. The average molecular weight is 347 g/mol. The van der Waals surface area contributed by atoms with Crippen LogP contribution in [0.4, 0.5) is 5.69 Å². The molecule has 0 amide bonds. The Kier molecular flexibility index (Phi) is 6.18. The topological polar surface area (TPSA) is 70.1 Å². The number of benzene rings is 1. The van der Waals surface area contributed by atoms with Crippen molar-refractivity contribution in [1.82, 2.24) is 9.78 Å². The van der Waals surface area contributed by atoms with E-state index in [4.69, 9.17) is 10.5 Å². The number of rotatable bonds is 5. The van der Waals surface area contributed by atoms with Gasteiger partial charge in [0.2, 0.25) is 0 Å². The first-order valence-corrected chi connectivity index (χ1v) is 8.09. The third-order valence-electron chi connectivity index (χ3n) is 3.59. The summed E-state index contributed by atoms with van der Waals surface area (Å²) < 4.78 is 6.58. The first-order chi connectivity index (χ1) is 12.5. The number of ether oxygens (including phenoxy) is 1. The van der Waals surface area contributed by atoms with Gasteiger partial charge in [-0.25, -0.2) is 9.48 Å². The predicted octanol–water partition coefficient (Wildman–Crippen LogP) is 3.59. The smallest absolute Gasteiger partial charge is 0.341 e. The van der Waals surface area contributed by atoms with Gasteiger partial charge < -0.3 is 10.5 Å². The summed E-state index contributed by atoms with van der Waals surface area (Å²) in [6, 6.07) is 3.71. The van der Waals surface area contributed by atoms with Crippen molar-refractivity contribution in [2.75, 3.05) is 12.3 Å². The summed E-state index contributed by atoms with van der Waals surface area (Å²) >= 11 is 0. The van der Waals surface area contributed by atoms with E-state index in [1.807, 2.05) is 19.1 Å². The van der Waals surface area contributed by atoms with Crippen LogP contribution in [0.3, 0.4) is 0 Å². The molecule has 0 bridgehead atoms. The molecule has 2 N–H and O–H groups in total. The Balaban J connectivity index is 2.44. The summed E-state index contributed by atoms with van der Waals surface area (Å²) in [6.45, 7) is 11.3. The van der Waals surface area contributed by atoms with E-state index in [2.05, 4.69) is 30.1 Å². The molecule has 1 heterocycles. The summed E-state index contributed by atoms with van der Waals surface area (Å²) in [5.41, 5.74) is 10.2. The Hall–Kier alpha value is -3.52. The fourth-order valence-electron chi connectivity index (χ4n) is 2.23. The van der Waals surface area contributed by atoms with Crippen molar-refractivity contribution in [3.05, 3.63) is 78.2 Å². The monoisotopic (exact) mass is 347 g/mol. The van der Waals surface area contributed by atoms with Gasteiger partial charge in [-0.2, -0.15) is 5.10 Å². The summed E-state index contributed by atoms with van der Waals surface area (Å²) in [7, 11) is 0. The number of esters is 1. The summed E-state index contributed by atoms with van der Waals surface area (Å²) in [6.07, 6.45) is 8.16. The number of hydrogen-bond donors (Lipinski definition) is 1. The lowest BCUT2D eigenvalue weighted by molar-refractivity contribution is 0.0526. The first-order valence-electron chi connectivity index (χ1n) is 8.09. The SMILES string of the molecule is C=C/C=C(/C#Cc1cc(-n2cc(C(=O)OCC)cn2)cc(C)c1N)C=C. The zero-order valence-corrected chi connectivity index (χ0v) is 15.0. The highest BCUT2D eigenvalue weighted by atomic mass is 16.5. The van der Waals surface area contributed by atoms with Crippen LogP contribution in [0, 0.1) is 18.8 Å². The van der Waals surface area contributed by atoms with Crippen LogP contribution in [-0.2, 0) is 4.74 Å². The Bertz CT molecular complexity index is 940. The number of nitrogens with two attached hydrogens (primary N) is 1. The van der Waals surface area contributed by atoms with Crippen LogP contribution in [0.15, 0.2) is 61.5 Å². The van der Waals surface area contributed by atoms with Gasteiger partial charge in [-0.3, -0.25) is 0 Å². The lowest BCUT2D eigenvalue weighted by atomic mass is 10.1. The molecule has 1 aromatic carbocycles. The van der Waals surface area contributed by atoms with E-state index >= 15 is 0 Å². The van der Waals surface area contributed by atoms with Crippen molar-refractivity contribution in [3.63, 3.8) is 0 Å². The standard InChI is InChI=1S/C21H21N3O2/c1-5-8-16(6-2)9-10-17-12-19(11-15(4)20(17)22)24-14-18(13-23-24)21(25)26-7-3/h5-6,8,11-14H,1-2,7,22H2,3-4H3/b16-8+. The minimum Gasteiger partial charge on any atom is -0.462 e. The Morgan fingerprint density at radius 3 is 2.85 bits per heavy atom. The third-order valence-corrected chi connectivity index (χ3v) is 3.59. The fourth-order valence-corrected chi connectivity index (χ4v) is 2.23. The Labute approximate surface area is 153 Å². The number of aryl methyl sites for hydroxylation is 1. The number of nitrogens with zero attached hydrogens (tertiary/aromatic N) is 2. The van der Waals surface area contributed by atoms with Crippen LogP contribution < -0.4 is 5.73 Å². The number of hydrogen-bond acceptors (Lipinski definition) is 4. The van der Waals surface area contributed by atoms with E-state index in [-0.39, 0.29) is 0 Å². The molecule has 26 heavy (non-hydrogen) atoms. The summed E-state index contributed by atoms with van der Waals surface area (Å²) in [4.78, 5) is 11.8. The first kappa shape index (κ1) is 18.8. The molecule has 0 saturated carbocycles. The second-order valence-corrected chi connectivity index (χ2v) is 5.43. The molecule has 132 valence electrons. The van der Waals surface area contributed by atoms with Crippen LogP contribution in [0.2, 0.25) is 0 Å². The maximum Gasteiger partial charge on any atom is 0.341 e. The molecule has 5 nitrogen and oxygen atoms in total. The highest BCUT2D eigenvalue weighted by Gasteiger charge is 2.11. The third kappa shape index (κ3) is 4.31. The van der Waals surface area contributed by atoms with E-state index in [1.165, 1.54) is 6.20 Å². The molecule has 5 heteroatoms. The zero-order chi connectivity index (χ0) is 19.1. The van der Waals surface area contributed by atoms with Crippen LogP contribution in [0.5, 0.6) is 0 Å². The van der Waals surface area contributed by atoms with Crippen molar-refractivity contribution < 1.29 is 9.53 Å². The minimum atomic E-state index is -0.406. The molecule has 0 unspecified atom stereocenters. The van der Waals surface area contributed by atoms with E-state index in [9.17, 15) is 4.79 Å². The quantitative estimate of drug-likeness (QED) is 0.388. The van der Waals surface area contributed by atoms with Gasteiger partial charge in [0.05, 0.1) is 35.3 Å². The minimum absolute atomic E-state index is 0.314. The largest absolute Gasteiger partial charge is 0.462 e. The predicted molar refractivity (Wildman–Crippen MR) is 104 cm³/mol. The number of allylic oxidation sites excluding steroid dienone is 4. The van der Waals surface area contributed by atoms with Gasteiger partial charge in [0.1, 0.15) is 0 Å². The zero-order valence-electron chi connectivity index (χ0n) is 15.0. The maximum atomic E-state index is 11.8. The molecule has 0 aliphatic carbocycles. The number of carbonyl (C=O) groups excluding carboxylic acids is 1. The van der Waals surface area contributed by atoms with Gasteiger partial charge in [0.15, 0.2) is 0 Å². The highest BCUT2D eigenvalue weighted by Crippen LogP contribution is 2.21. The number of carbonyl (C=O) groups is 1. The molecule has 1 aromatic heterocycles. The maximum absolute atomic E-state index is 11.8. The lowest BCUT2D eigenvalue weighted by Crippen LogP contribution is -2.03.